The fourth-order valence-electron chi connectivity index (χ4n) is 3.25. The first-order valence-electron chi connectivity index (χ1n) is 7.50. The minimum absolute atomic E-state index is 0.118. The molecule has 2 nitrogen and oxygen atoms in total. The summed E-state index contributed by atoms with van der Waals surface area (Å²) in [5.41, 5.74) is 7.94. The summed E-state index contributed by atoms with van der Waals surface area (Å²) in [5.74, 6) is 1.20. The second-order valence-corrected chi connectivity index (χ2v) is 8.28. The average Bonchev–Trinajstić information content (AvgIpc) is 2.78. The predicted molar refractivity (Wildman–Crippen MR) is 83.5 cm³/mol. The largest absolute Gasteiger partial charge is 0.319 e. The number of nitrogens with zero attached hydrogens (tertiary/aromatic N) is 1. The van der Waals surface area contributed by atoms with Gasteiger partial charge in [-0.1, -0.05) is 47.5 Å². The van der Waals surface area contributed by atoms with Crippen LogP contribution in [0.15, 0.2) is 5.38 Å². The number of rotatable bonds is 2. The van der Waals surface area contributed by atoms with Crippen molar-refractivity contribution in [3.8, 4) is 0 Å². The van der Waals surface area contributed by atoms with Crippen LogP contribution in [0.1, 0.15) is 71.0 Å². The molecule has 1 aliphatic rings. The molecule has 0 radical (unpaired) electrons. The monoisotopic (exact) mass is 280 g/mol. The maximum absolute atomic E-state index is 6.83. The first-order valence-corrected chi connectivity index (χ1v) is 8.38. The lowest BCUT2D eigenvalue weighted by Gasteiger charge is -2.42. The smallest absolute Gasteiger partial charge is 0.113 e. The molecular formula is C16H28N2S. The predicted octanol–water partition coefficient (Wildman–Crippen LogP) is 4.44. The van der Waals surface area contributed by atoms with Crippen LogP contribution in [0.25, 0.3) is 0 Å². The van der Waals surface area contributed by atoms with Crippen molar-refractivity contribution in [1.29, 1.82) is 0 Å². The average molecular weight is 280 g/mol. The molecule has 1 aliphatic carbocycles. The van der Waals surface area contributed by atoms with Crippen LogP contribution < -0.4 is 5.73 Å². The molecular weight excluding hydrogens is 252 g/mol. The van der Waals surface area contributed by atoms with E-state index in [4.69, 9.17) is 10.7 Å². The zero-order valence-corrected chi connectivity index (χ0v) is 13.8. The molecule has 2 N–H and O–H groups in total. The Morgan fingerprint density at radius 3 is 2.58 bits per heavy atom. The molecule has 1 aromatic heterocycles. The maximum Gasteiger partial charge on any atom is 0.113 e. The molecule has 1 heterocycles. The molecule has 0 aliphatic heterocycles. The van der Waals surface area contributed by atoms with E-state index >= 15 is 0 Å². The van der Waals surface area contributed by atoms with Crippen molar-refractivity contribution < 1.29 is 0 Å². The Labute approximate surface area is 121 Å². The van der Waals surface area contributed by atoms with Gasteiger partial charge in [-0.25, -0.2) is 4.98 Å². The first-order chi connectivity index (χ1) is 8.75. The Bertz CT molecular complexity index is 430. The van der Waals surface area contributed by atoms with E-state index in [1.807, 2.05) is 0 Å². The highest BCUT2D eigenvalue weighted by atomic mass is 32.1. The van der Waals surface area contributed by atoms with Gasteiger partial charge in [-0.15, -0.1) is 11.3 Å². The van der Waals surface area contributed by atoms with Crippen molar-refractivity contribution in [1.82, 2.24) is 4.98 Å². The van der Waals surface area contributed by atoms with E-state index < -0.39 is 0 Å². The number of nitrogens with two attached hydrogens (primary N) is 1. The van der Waals surface area contributed by atoms with Crippen LogP contribution in [0.3, 0.4) is 0 Å². The maximum atomic E-state index is 6.83. The van der Waals surface area contributed by atoms with Gasteiger partial charge in [0.2, 0.25) is 0 Å². The summed E-state index contributed by atoms with van der Waals surface area (Å²) in [5, 5.41) is 3.37. The third-order valence-electron chi connectivity index (χ3n) is 4.49. The highest BCUT2D eigenvalue weighted by Gasteiger charge is 2.42. The van der Waals surface area contributed by atoms with E-state index in [2.05, 4.69) is 40.0 Å². The topological polar surface area (TPSA) is 38.9 Å². The normalized spacial score (nSPS) is 28.9. The summed E-state index contributed by atoms with van der Waals surface area (Å²) < 4.78 is 0. The van der Waals surface area contributed by atoms with Gasteiger partial charge in [0.05, 0.1) is 11.2 Å². The lowest BCUT2D eigenvalue weighted by molar-refractivity contribution is 0.140. The zero-order chi connectivity index (χ0) is 14.3. The van der Waals surface area contributed by atoms with E-state index in [-0.39, 0.29) is 11.0 Å². The molecule has 0 saturated heterocycles. The molecule has 19 heavy (non-hydrogen) atoms. The van der Waals surface area contributed by atoms with Crippen molar-refractivity contribution in [3.05, 3.63) is 16.1 Å². The fourth-order valence-corrected chi connectivity index (χ4v) is 4.50. The molecule has 2 rings (SSSR count). The van der Waals surface area contributed by atoms with E-state index in [1.54, 1.807) is 11.3 Å². The molecule has 0 spiro atoms. The van der Waals surface area contributed by atoms with Crippen LogP contribution in [0, 0.1) is 11.8 Å². The van der Waals surface area contributed by atoms with Crippen LogP contribution in [0.2, 0.25) is 0 Å². The Morgan fingerprint density at radius 1 is 1.37 bits per heavy atom. The first kappa shape index (κ1) is 15.0. The minimum Gasteiger partial charge on any atom is -0.319 e. The third kappa shape index (κ3) is 2.87. The van der Waals surface area contributed by atoms with Gasteiger partial charge in [0.1, 0.15) is 5.01 Å². The Hall–Kier alpha value is -0.410. The van der Waals surface area contributed by atoms with Crippen LogP contribution >= 0.6 is 11.3 Å². The van der Waals surface area contributed by atoms with Gasteiger partial charge in [0.15, 0.2) is 0 Å². The number of hydrogen-bond acceptors (Lipinski definition) is 3. The summed E-state index contributed by atoms with van der Waals surface area (Å²) in [7, 11) is 0. The van der Waals surface area contributed by atoms with Crippen LogP contribution in [0.4, 0.5) is 0 Å². The second-order valence-electron chi connectivity index (χ2n) is 7.42. The quantitative estimate of drug-likeness (QED) is 0.869. The molecule has 108 valence electrons. The third-order valence-corrected chi connectivity index (χ3v) is 5.53. The lowest BCUT2D eigenvalue weighted by Crippen LogP contribution is -2.48. The van der Waals surface area contributed by atoms with Crippen molar-refractivity contribution in [2.45, 2.75) is 71.3 Å². The van der Waals surface area contributed by atoms with E-state index in [9.17, 15) is 0 Å². The van der Waals surface area contributed by atoms with Crippen molar-refractivity contribution in [2.75, 3.05) is 0 Å². The van der Waals surface area contributed by atoms with Crippen molar-refractivity contribution in [3.63, 3.8) is 0 Å². The van der Waals surface area contributed by atoms with Gasteiger partial charge in [0, 0.05) is 10.8 Å². The minimum atomic E-state index is -0.194. The molecule has 1 aromatic rings. The molecule has 0 aromatic carbocycles. The van der Waals surface area contributed by atoms with Gasteiger partial charge in [0.25, 0.3) is 0 Å². The van der Waals surface area contributed by atoms with Gasteiger partial charge in [-0.3, -0.25) is 0 Å². The molecule has 3 heteroatoms. The van der Waals surface area contributed by atoms with Gasteiger partial charge < -0.3 is 5.73 Å². The number of thiazole rings is 1. The van der Waals surface area contributed by atoms with Crippen LogP contribution in [0.5, 0.6) is 0 Å². The second kappa shape index (κ2) is 5.17. The van der Waals surface area contributed by atoms with E-state index in [1.165, 1.54) is 25.0 Å². The standard InChI is InChI=1S/C16H28N2S/c1-11(2)12-8-6-7-9-16(12,17)14-18-13(10-19-14)15(3,4)5/h10-12H,6-9,17H2,1-5H3. The van der Waals surface area contributed by atoms with Crippen LogP contribution in [-0.2, 0) is 11.0 Å². The summed E-state index contributed by atoms with van der Waals surface area (Å²) in [6.45, 7) is 11.3. The molecule has 0 amide bonds. The van der Waals surface area contributed by atoms with Crippen LogP contribution in [-0.4, -0.2) is 4.98 Å². The molecule has 0 bridgehead atoms. The van der Waals surface area contributed by atoms with Crippen molar-refractivity contribution in [2.24, 2.45) is 17.6 Å². The summed E-state index contributed by atoms with van der Waals surface area (Å²) in [4.78, 5) is 4.90. The molecule has 1 fully saturated rings. The van der Waals surface area contributed by atoms with Gasteiger partial charge >= 0.3 is 0 Å². The van der Waals surface area contributed by atoms with Crippen molar-refractivity contribution >= 4 is 11.3 Å². The van der Waals surface area contributed by atoms with Gasteiger partial charge in [-0.05, 0) is 24.7 Å². The summed E-state index contributed by atoms with van der Waals surface area (Å²) in [6.07, 6.45) is 4.90. The highest BCUT2D eigenvalue weighted by Crippen LogP contribution is 2.44. The summed E-state index contributed by atoms with van der Waals surface area (Å²) >= 11 is 1.77. The van der Waals surface area contributed by atoms with E-state index in [0.29, 0.717) is 11.8 Å². The summed E-state index contributed by atoms with van der Waals surface area (Å²) in [6, 6.07) is 0. The molecule has 1 saturated carbocycles. The Morgan fingerprint density at radius 2 is 2.05 bits per heavy atom. The Balaban J connectivity index is 2.34. The number of hydrogen-bond donors (Lipinski definition) is 1. The fraction of sp³-hybridized carbons (Fsp3) is 0.812. The lowest BCUT2D eigenvalue weighted by atomic mass is 9.69. The SMILES string of the molecule is CC(C)C1CCCCC1(N)c1nc(C(C)(C)C)cs1. The highest BCUT2D eigenvalue weighted by molar-refractivity contribution is 7.09. The van der Waals surface area contributed by atoms with Gasteiger partial charge in [-0.2, -0.15) is 0 Å². The van der Waals surface area contributed by atoms with E-state index in [0.717, 1.165) is 11.4 Å². The molecule has 2 atom stereocenters. The zero-order valence-electron chi connectivity index (χ0n) is 13.0. The molecule has 2 unspecified atom stereocenters. The Kier molecular flexibility index (Phi) is 4.08. The number of aromatic nitrogens is 1.